The van der Waals surface area contributed by atoms with Crippen molar-refractivity contribution >= 4 is 46.1 Å². The van der Waals surface area contributed by atoms with E-state index in [1.807, 2.05) is 12.1 Å². The molecule has 5 heteroatoms. The van der Waals surface area contributed by atoms with E-state index >= 15 is 0 Å². The van der Waals surface area contributed by atoms with Crippen LogP contribution in [0.5, 0.6) is 0 Å². The minimum absolute atomic E-state index is 0.536. The Morgan fingerprint density at radius 3 is 2.50 bits per heavy atom. The third kappa shape index (κ3) is 3.18. The number of thiazole rings is 1. The van der Waals surface area contributed by atoms with Gasteiger partial charge in [-0.3, -0.25) is 0 Å². The molecule has 0 aliphatic heterocycles. The van der Waals surface area contributed by atoms with Crippen molar-refractivity contribution in [2.75, 3.05) is 0 Å². The molecule has 96 valence electrons. The van der Waals surface area contributed by atoms with Crippen LogP contribution in [0.4, 0.5) is 0 Å². The Morgan fingerprint density at radius 2 is 1.89 bits per heavy atom. The minimum atomic E-state index is 0.536. The molecule has 1 nitrogen and oxygen atoms in total. The Morgan fingerprint density at radius 1 is 1.17 bits per heavy atom. The summed E-state index contributed by atoms with van der Waals surface area (Å²) in [6.45, 7) is 4.35. The first-order valence-electron chi connectivity index (χ1n) is 5.58. The molecule has 0 radical (unpaired) electrons. The van der Waals surface area contributed by atoms with Crippen molar-refractivity contribution in [2.45, 2.75) is 20.3 Å². The van der Waals surface area contributed by atoms with Crippen LogP contribution in [0.2, 0.25) is 14.5 Å². The number of hydrogen-bond donors (Lipinski definition) is 0. The number of benzene rings is 1. The highest BCUT2D eigenvalue weighted by atomic mass is 35.5. The van der Waals surface area contributed by atoms with Gasteiger partial charge in [0.15, 0.2) is 4.47 Å². The van der Waals surface area contributed by atoms with Gasteiger partial charge in [-0.2, -0.15) is 0 Å². The monoisotopic (exact) mass is 319 g/mol. The molecule has 0 bridgehead atoms. The molecule has 0 N–H and O–H groups in total. The van der Waals surface area contributed by atoms with E-state index in [1.54, 1.807) is 6.07 Å². The Kier molecular flexibility index (Phi) is 4.54. The lowest BCUT2D eigenvalue weighted by atomic mass is 10.1. The molecule has 18 heavy (non-hydrogen) atoms. The van der Waals surface area contributed by atoms with E-state index in [0.29, 0.717) is 20.4 Å². The molecule has 0 atom stereocenters. The lowest BCUT2D eigenvalue weighted by Crippen LogP contribution is -1.93. The van der Waals surface area contributed by atoms with Gasteiger partial charge < -0.3 is 0 Å². The highest BCUT2D eigenvalue weighted by Crippen LogP contribution is 2.35. The van der Waals surface area contributed by atoms with Crippen LogP contribution in [0.15, 0.2) is 18.2 Å². The highest BCUT2D eigenvalue weighted by molar-refractivity contribution is 7.16. The number of aromatic nitrogens is 1. The lowest BCUT2D eigenvalue weighted by Gasteiger charge is -2.06. The number of rotatable bonds is 3. The maximum Gasteiger partial charge on any atom is 0.184 e. The lowest BCUT2D eigenvalue weighted by molar-refractivity contribution is 0.654. The molecule has 1 aromatic heterocycles. The van der Waals surface area contributed by atoms with Gasteiger partial charge in [0.1, 0.15) is 0 Å². The molecular formula is C13H12Cl3NS. The Labute approximate surface area is 126 Å². The van der Waals surface area contributed by atoms with E-state index in [0.717, 1.165) is 17.7 Å². The van der Waals surface area contributed by atoms with Crippen molar-refractivity contribution in [3.8, 4) is 11.3 Å². The number of nitrogens with zero attached hydrogens (tertiary/aromatic N) is 1. The maximum atomic E-state index is 6.04. The van der Waals surface area contributed by atoms with Crippen molar-refractivity contribution in [3.05, 3.63) is 37.6 Å². The highest BCUT2D eigenvalue weighted by Gasteiger charge is 2.14. The third-order valence-electron chi connectivity index (χ3n) is 2.46. The number of halogens is 3. The zero-order chi connectivity index (χ0) is 13.3. The van der Waals surface area contributed by atoms with Crippen molar-refractivity contribution in [3.63, 3.8) is 0 Å². The quantitative estimate of drug-likeness (QED) is 0.679. The van der Waals surface area contributed by atoms with Gasteiger partial charge in [0.25, 0.3) is 0 Å². The zero-order valence-corrected chi connectivity index (χ0v) is 13.1. The summed E-state index contributed by atoms with van der Waals surface area (Å²) < 4.78 is 0.562. The third-order valence-corrected chi connectivity index (χ3v) is 4.38. The minimum Gasteiger partial charge on any atom is -0.225 e. The van der Waals surface area contributed by atoms with Gasteiger partial charge in [-0.05, 0) is 24.5 Å². The summed E-state index contributed by atoms with van der Waals surface area (Å²) in [5.41, 5.74) is 1.88. The summed E-state index contributed by atoms with van der Waals surface area (Å²) in [5.74, 6) is 0.558. The maximum absolute atomic E-state index is 6.04. The predicted octanol–water partition coefficient (Wildman–Crippen LogP) is 5.97. The van der Waals surface area contributed by atoms with Crippen molar-refractivity contribution < 1.29 is 0 Å². The average Bonchev–Trinajstić information content (AvgIpc) is 2.62. The van der Waals surface area contributed by atoms with E-state index < -0.39 is 0 Å². The van der Waals surface area contributed by atoms with Gasteiger partial charge in [0, 0.05) is 10.4 Å². The largest absolute Gasteiger partial charge is 0.225 e. The first-order chi connectivity index (χ1) is 8.47. The van der Waals surface area contributed by atoms with Crippen LogP contribution in [0.1, 0.15) is 18.7 Å². The zero-order valence-electron chi connectivity index (χ0n) is 10.0. The second kappa shape index (κ2) is 5.79. The Bertz CT molecular complexity index is 563. The molecule has 0 unspecified atom stereocenters. The van der Waals surface area contributed by atoms with Crippen LogP contribution in [0.3, 0.4) is 0 Å². The molecule has 0 saturated heterocycles. The molecule has 0 fully saturated rings. The van der Waals surface area contributed by atoms with Gasteiger partial charge in [0.2, 0.25) is 0 Å². The van der Waals surface area contributed by atoms with Crippen LogP contribution < -0.4 is 0 Å². The molecule has 2 aromatic rings. The number of hydrogen-bond acceptors (Lipinski definition) is 2. The molecule has 1 heterocycles. The van der Waals surface area contributed by atoms with Crippen LogP contribution >= 0.6 is 46.1 Å². The smallest absolute Gasteiger partial charge is 0.184 e. The molecule has 0 amide bonds. The Hall–Kier alpha value is -0.280. The SMILES string of the molecule is CC(C)Cc1sc(Cl)nc1-c1ccc(Cl)c(Cl)c1. The molecule has 0 saturated carbocycles. The summed E-state index contributed by atoms with van der Waals surface area (Å²) in [4.78, 5) is 5.58. The van der Waals surface area contributed by atoms with Crippen LogP contribution in [0, 0.1) is 5.92 Å². The van der Waals surface area contributed by atoms with Crippen LogP contribution in [-0.4, -0.2) is 4.98 Å². The van der Waals surface area contributed by atoms with Crippen LogP contribution in [-0.2, 0) is 6.42 Å². The fourth-order valence-corrected chi connectivity index (χ4v) is 3.38. The second-order valence-corrected chi connectivity index (χ2v) is 6.95. The van der Waals surface area contributed by atoms with Gasteiger partial charge >= 0.3 is 0 Å². The molecule has 2 rings (SSSR count). The van der Waals surface area contributed by atoms with E-state index in [4.69, 9.17) is 34.8 Å². The fourth-order valence-electron chi connectivity index (χ4n) is 1.70. The molecule has 0 aliphatic carbocycles. The van der Waals surface area contributed by atoms with E-state index in [1.165, 1.54) is 16.2 Å². The summed E-state index contributed by atoms with van der Waals surface area (Å²) in [6, 6.07) is 5.54. The molecule has 0 aliphatic rings. The van der Waals surface area contributed by atoms with E-state index in [-0.39, 0.29) is 0 Å². The fraction of sp³-hybridized carbons (Fsp3) is 0.308. The first kappa shape index (κ1) is 14.1. The summed E-state index contributed by atoms with van der Waals surface area (Å²) >= 11 is 19.5. The summed E-state index contributed by atoms with van der Waals surface area (Å²) in [5, 5.41) is 1.08. The van der Waals surface area contributed by atoms with Crippen molar-refractivity contribution in [1.29, 1.82) is 0 Å². The van der Waals surface area contributed by atoms with E-state index in [9.17, 15) is 0 Å². The van der Waals surface area contributed by atoms with Gasteiger partial charge in [-0.25, -0.2) is 4.98 Å². The average molecular weight is 321 g/mol. The van der Waals surface area contributed by atoms with Crippen molar-refractivity contribution in [1.82, 2.24) is 4.98 Å². The van der Waals surface area contributed by atoms with Gasteiger partial charge in [0.05, 0.1) is 15.7 Å². The van der Waals surface area contributed by atoms with Crippen molar-refractivity contribution in [2.24, 2.45) is 5.92 Å². The molecule has 0 spiro atoms. The van der Waals surface area contributed by atoms with E-state index in [2.05, 4.69) is 18.8 Å². The van der Waals surface area contributed by atoms with Gasteiger partial charge in [-0.15, -0.1) is 11.3 Å². The topological polar surface area (TPSA) is 12.9 Å². The van der Waals surface area contributed by atoms with Crippen LogP contribution in [0.25, 0.3) is 11.3 Å². The molecule has 1 aromatic carbocycles. The normalized spacial score (nSPS) is 11.2. The predicted molar refractivity (Wildman–Crippen MR) is 81.1 cm³/mol. The first-order valence-corrected chi connectivity index (χ1v) is 7.53. The van der Waals surface area contributed by atoms with Gasteiger partial charge in [-0.1, -0.05) is 54.7 Å². The summed E-state index contributed by atoms with van der Waals surface area (Å²) in [7, 11) is 0. The second-order valence-electron chi connectivity index (χ2n) is 4.47. The summed E-state index contributed by atoms with van der Waals surface area (Å²) in [6.07, 6.45) is 0.958. The standard InChI is InChI=1S/C13H12Cl3NS/c1-7(2)5-11-12(17-13(16)18-11)8-3-4-9(14)10(15)6-8/h3-4,6-7H,5H2,1-2H3. The Balaban J connectivity index is 2.45. The molecular weight excluding hydrogens is 309 g/mol.